The number of carbonyl (C=O) groups excluding carboxylic acids is 1. The number of halogens is 2. The van der Waals surface area contributed by atoms with Crippen molar-refractivity contribution in [3.63, 3.8) is 0 Å². The van der Waals surface area contributed by atoms with Crippen molar-refractivity contribution in [3.05, 3.63) is 24.0 Å². The summed E-state index contributed by atoms with van der Waals surface area (Å²) in [6.45, 7) is 3.61. The minimum Gasteiger partial charge on any atom is -0.337 e. The van der Waals surface area contributed by atoms with Crippen molar-refractivity contribution >= 4 is 22.6 Å². The summed E-state index contributed by atoms with van der Waals surface area (Å²) < 4.78 is 25.2. The largest absolute Gasteiger partial charge is 0.337 e. The van der Waals surface area contributed by atoms with Gasteiger partial charge < -0.3 is 16.0 Å². The first-order valence-electron chi connectivity index (χ1n) is 6.71. The van der Waals surface area contributed by atoms with Crippen LogP contribution in [0.2, 0.25) is 0 Å². The summed E-state index contributed by atoms with van der Waals surface area (Å²) >= 11 is 0. The second kappa shape index (κ2) is 5.77. The first-order valence-corrected chi connectivity index (χ1v) is 6.71. The van der Waals surface area contributed by atoms with Crippen molar-refractivity contribution in [3.8, 4) is 0 Å². The Hall–Kier alpha value is -2.02. The third kappa shape index (κ3) is 3.36. The van der Waals surface area contributed by atoms with Crippen LogP contribution in [0, 0.1) is 0 Å². The average molecular weight is 296 g/mol. The molecule has 2 aromatic rings. The summed E-state index contributed by atoms with van der Waals surface area (Å²) in [6.07, 6.45) is -1.31. The van der Waals surface area contributed by atoms with Gasteiger partial charge in [0.2, 0.25) is 5.91 Å². The number of carbonyl (C=O) groups is 1. The number of amides is 1. The van der Waals surface area contributed by atoms with Crippen LogP contribution in [-0.2, 0) is 4.79 Å². The predicted octanol–water partition coefficient (Wildman–Crippen LogP) is 2.96. The van der Waals surface area contributed by atoms with Crippen molar-refractivity contribution < 1.29 is 13.6 Å². The van der Waals surface area contributed by atoms with Gasteiger partial charge >= 0.3 is 0 Å². The zero-order valence-electron chi connectivity index (χ0n) is 11.9. The van der Waals surface area contributed by atoms with Crippen molar-refractivity contribution in [2.75, 3.05) is 5.32 Å². The molecule has 0 fully saturated rings. The lowest BCUT2D eigenvalue weighted by atomic mass is 9.96. The van der Waals surface area contributed by atoms with E-state index in [9.17, 15) is 13.6 Å². The van der Waals surface area contributed by atoms with E-state index in [-0.39, 0.29) is 11.7 Å². The fourth-order valence-electron chi connectivity index (χ4n) is 2.12. The molecule has 0 aliphatic carbocycles. The molecule has 4 N–H and O–H groups in total. The van der Waals surface area contributed by atoms with E-state index in [1.54, 1.807) is 25.1 Å². The van der Waals surface area contributed by atoms with Crippen LogP contribution in [0.5, 0.6) is 0 Å². The highest BCUT2D eigenvalue weighted by molar-refractivity contribution is 5.98. The summed E-state index contributed by atoms with van der Waals surface area (Å²) in [4.78, 5) is 18.4. The average Bonchev–Trinajstić information content (AvgIpc) is 2.81. The van der Waals surface area contributed by atoms with Gasteiger partial charge in [0.1, 0.15) is 0 Å². The maximum Gasteiger partial charge on any atom is 0.295 e. The fraction of sp³-hybridized carbons (Fsp3) is 0.429. The minimum absolute atomic E-state index is 0.308. The number of rotatable bonds is 5. The first-order chi connectivity index (χ1) is 9.83. The van der Waals surface area contributed by atoms with Crippen LogP contribution in [0.25, 0.3) is 11.0 Å². The monoisotopic (exact) mass is 296 g/mol. The van der Waals surface area contributed by atoms with Crippen LogP contribution in [0.3, 0.4) is 0 Å². The van der Waals surface area contributed by atoms with E-state index in [1.165, 1.54) is 0 Å². The number of anilines is 1. The van der Waals surface area contributed by atoms with Crippen molar-refractivity contribution in [1.82, 2.24) is 9.97 Å². The van der Waals surface area contributed by atoms with Gasteiger partial charge in [-0.25, -0.2) is 13.8 Å². The summed E-state index contributed by atoms with van der Waals surface area (Å²) in [5, 5.41) is 2.70. The quantitative estimate of drug-likeness (QED) is 0.793. The molecule has 0 bridgehead atoms. The van der Waals surface area contributed by atoms with Gasteiger partial charge in [0, 0.05) is 5.69 Å². The number of H-pyrrole nitrogens is 1. The van der Waals surface area contributed by atoms with E-state index in [0.29, 0.717) is 23.1 Å². The number of aromatic amines is 1. The van der Waals surface area contributed by atoms with Crippen LogP contribution in [-0.4, -0.2) is 21.4 Å². The number of benzene rings is 1. The molecule has 1 aromatic heterocycles. The third-order valence-corrected chi connectivity index (χ3v) is 3.25. The molecule has 0 saturated heterocycles. The summed E-state index contributed by atoms with van der Waals surface area (Å²) in [6, 6.07) is 4.74. The Morgan fingerprint density at radius 2 is 2.24 bits per heavy atom. The molecule has 0 aliphatic rings. The SMILES string of the molecule is CCCC(C)(N)C(=O)Nc1ccc2nc(C(F)F)[nH]c2c1. The highest BCUT2D eigenvalue weighted by atomic mass is 19.3. The number of alkyl halides is 2. The van der Waals surface area contributed by atoms with Gasteiger partial charge in [-0.3, -0.25) is 4.79 Å². The van der Waals surface area contributed by atoms with E-state index < -0.39 is 12.0 Å². The summed E-state index contributed by atoms with van der Waals surface area (Å²) in [5.74, 6) is -0.694. The Bertz CT molecular complexity index is 651. The van der Waals surface area contributed by atoms with Crippen LogP contribution >= 0.6 is 0 Å². The lowest BCUT2D eigenvalue weighted by molar-refractivity contribution is -0.120. The van der Waals surface area contributed by atoms with Crippen LogP contribution < -0.4 is 11.1 Å². The number of nitrogens with zero attached hydrogens (tertiary/aromatic N) is 1. The Balaban J connectivity index is 2.21. The van der Waals surface area contributed by atoms with Gasteiger partial charge in [-0.2, -0.15) is 0 Å². The number of aromatic nitrogens is 2. The lowest BCUT2D eigenvalue weighted by Gasteiger charge is -2.22. The molecule has 0 saturated carbocycles. The molecule has 1 atom stereocenters. The molecule has 1 unspecified atom stereocenters. The van der Waals surface area contributed by atoms with Gasteiger partial charge in [-0.15, -0.1) is 0 Å². The molecule has 2 rings (SSSR count). The number of imidazole rings is 1. The zero-order valence-corrected chi connectivity index (χ0v) is 11.9. The summed E-state index contributed by atoms with van der Waals surface area (Å²) in [5.41, 5.74) is 6.33. The molecular formula is C14H18F2N4O. The second-order valence-corrected chi connectivity index (χ2v) is 5.28. The Labute approximate surface area is 120 Å². The molecule has 1 aromatic carbocycles. The first kappa shape index (κ1) is 15.4. The van der Waals surface area contributed by atoms with Crippen molar-refractivity contribution in [2.45, 2.75) is 38.7 Å². The van der Waals surface area contributed by atoms with Gasteiger partial charge in [0.15, 0.2) is 5.82 Å². The molecule has 0 aliphatic heterocycles. The standard InChI is InChI=1S/C14H18F2N4O/c1-3-6-14(2,17)13(21)18-8-4-5-9-10(7-8)20-12(19-9)11(15)16/h4-5,7,11H,3,6,17H2,1-2H3,(H,18,21)(H,19,20). The molecule has 1 heterocycles. The molecular weight excluding hydrogens is 278 g/mol. The molecule has 5 nitrogen and oxygen atoms in total. The van der Waals surface area contributed by atoms with E-state index in [0.717, 1.165) is 6.42 Å². The molecule has 7 heteroatoms. The number of hydrogen-bond donors (Lipinski definition) is 3. The Morgan fingerprint density at radius 3 is 2.86 bits per heavy atom. The van der Waals surface area contributed by atoms with Crippen molar-refractivity contribution in [1.29, 1.82) is 0 Å². The predicted molar refractivity (Wildman–Crippen MR) is 77.2 cm³/mol. The van der Waals surface area contributed by atoms with Crippen LogP contribution in [0.15, 0.2) is 18.2 Å². The van der Waals surface area contributed by atoms with E-state index in [2.05, 4.69) is 15.3 Å². The smallest absolute Gasteiger partial charge is 0.295 e. The molecule has 1 amide bonds. The zero-order chi connectivity index (χ0) is 15.6. The summed E-state index contributed by atoms with van der Waals surface area (Å²) in [7, 11) is 0. The van der Waals surface area contributed by atoms with E-state index in [1.807, 2.05) is 6.92 Å². The number of nitrogens with two attached hydrogens (primary N) is 1. The Kier molecular flexibility index (Phi) is 4.22. The van der Waals surface area contributed by atoms with Crippen LogP contribution in [0.1, 0.15) is 38.9 Å². The molecule has 21 heavy (non-hydrogen) atoms. The normalized spacial score (nSPS) is 14.4. The maximum atomic E-state index is 12.6. The van der Waals surface area contributed by atoms with Gasteiger partial charge in [-0.1, -0.05) is 13.3 Å². The maximum absolute atomic E-state index is 12.6. The second-order valence-electron chi connectivity index (χ2n) is 5.28. The topological polar surface area (TPSA) is 83.8 Å². The fourth-order valence-corrected chi connectivity index (χ4v) is 2.12. The number of fused-ring (bicyclic) bond motifs is 1. The molecule has 0 radical (unpaired) electrons. The van der Waals surface area contributed by atoms with Crippen LogP contribution in [0.4, 0.5) is 14.5 Å². The van der Waals surface area contributed by atoms with E-state index >= 15 is 0 Å². The lowest BCUT2D eigenvalue weighted by Crippen LogP contribution is -2.48. The van der Waals surface area contributed by atoms with Gasteiger partial charge in [0.05, 0.1) is 16.6 Å². The molecule has 0 spiro atoms. The highest BCUT2D eigenvalue weighted by Crippen LogP contribution is 2.23. The number of hydrogen-bond acceptors (Lipinski definition) is 3. The van der Waals surface area contributed by atoms with Gasteiger partial charge in [-0.05, 0) is 31.5 Å². The minimum atomic E-state index is -2.66. The molecule has 114 valence electrons. The van der Waals surface area contributed by atoms with Gasteiger partial charge in [0.25, 0.3) is 6.43 Å². The number of nitrogens with one attached hydrogen (secondary N) is 2. The van der Waals surface area contributed by atoms with E-state index in [4.69, 9.17) is 5.73 Å². The Morgan fingerprint density at radius 1 is 1.52 bits per heavy atom. The highest BCUT2D eigenvalue weighted by Gasteiger charge is 2.27. The van der Waals surface area contributed by atoms with Crippen molar-refractivity contribution in [2.24, 2.45) is 5.73 Å². The third-order valence-electron chi connectivity index (χ3n) is 3.25.